The third-order valence-electron chi connectivity index (χ3n) is 6.96. The minimum Gasteiger partial charge on any atom is -0.382 e. The van der Waals surface area contributed by atoms with E-state index in [1.54, 1.807) is 48.5 Å². The molecular formula is C27H27F6N5O3. The van der Waals surface area contributed by atoms with Gasteiger partial charge < -0.3 is 21.3 Å². The topological polar surface area (TPSA) is 117 Å². The zero-order valence-corrected chi connectivity index (χ0v) is 21.6. The summed E-state index contributed by atoms with van der Waals surface area (Å²) in [6, 6.07) is 13.9. The largest absolute Gasteiger partial charge is 0.389 e. The first-order valence-corrected chi connectivity index (χ1v) is 12.8. The maximum Gasteiger partial charge on any atom is 0.389 e. The Labute approximate surface area is 231 Å². The average molecular weight is 584 g/mol. The molecule has 14 heteroatoms. The lowest BCUT2D eigenvalue weighted by atomic mass is 9.83. The molecule has 0 aliphatic carbocycles. The van der Waals surface area contributed by atoms with E-state index >= 15 is 0 Å². The first kappa shape index (κ1) is 29.9. The van der Waals surface area contributed by atoms with E-state index in [1.165, 1.54) is 4.90 Å². The number of carbonyl (C=O) groups is 3. The highest BCUT2D eigenvalue weighted by Crippen LogP contribution is 2.37. The zero-order chi connectivity index (χ0) is 29.9. The van der Waals surface area contributed by atoms with Gasteiger partial charge >= 0.3 is 12.4 Å². The van der Waals surface area contributed by atoms with E-state index in [9.17, 15) is 40.7 Å². The summed E-state index contributed by atoms with van der Waals surface area (Å²) in [6.45, 7) is 0.540. The van der Waals surface area contributed by atoms with Crippen molar-refractivity contribution >= 4 is 34.8 Å². The summed E-state index contributed by atoms with van der Waals surface area (Å²) in [7, 11) is 0. The molecule has 3 amide bonds. The lowest BCUT2D eigenvalue weighted by Gasteiger charge is -2.32. The highest BCUT2D eigenvalue weighted by molar-refractivity contribution is 6.22. The van der Waals surface area contributed by atoms with E-state index in [1.807, 2.05) is 0 Å². The van der Waals surface area contributed by atoms with Crippen LogP contribution in [0.25, 0.3) is 0 Å². The van der Waals surface area contributed by atoms with Crippen molar-refractivity contribution in [3.05, 3.63) is 59.7 Å². The van der Waals surface area contributed by atoms with Gasteiger partial charge in [0.25, 0.3) is 5.91 Å². The van der Waals surface area contributed by atoms with E-state index in [0.29, 0.717) is 34.8 Å². The van der Waals surface area contributed by atoms with Crippen LogP contribution in [0.4, 0.5) is 37.7 Å². The van der Waals surface area contributed by atoms with Gasteiger partial charge in [0.1, 0.15) is 0 Å². The normalized spacial score (nSPS) is 18.4. The molecule has 2 heterocycles. The molecule has 0 saturated carbocycles. The summed E-state index contributed by atoms with van der Waals surface area (Å²) in [5.74, 6) is -7.02. The van der Waals surface area contributed by atoms with Gasteiger partial charge in [0.05, 0.1) is 17.1 Å². The summed E-state index contributed by atoms with van der Waals surface area (Å²) in [6.07, 6.45) is -16.2. The first-order chi connectivity index (χ1) is 19.2. The maximum atomic E-state index is 13.7. The number of carbonyl (C=O) groups excluding carboxylic acids is 3. The van der Waals surface area contributed by atoms with Gasteiger partial charge in [0.15, 0.2) is 0 Å². The van der Waals surface area contributed by atoms with Crippen molar-refractivity contribution in [3.8, 4) is 0 Å². The van der Waals surface area contributed by atoms with Gasteiger partial charge in [-0.3, -0.25) is 14.4 Å². The maximum absolute atomic E-state index is 13.7. The van der Waals surface area contributed by atoms with Gasteiger partial charge in [-0.1, -0.05) is 42.5 Å². The smallest absolute Gasteiger partial charge is 0.382 e. The fraction of sp³-hybridized carbons (Fsp3) is 0.407. The van der Waals surface area contributed by atoms with Crippen molar-refractivity contribution in [1.82, 2.24) is 5.32 Å². The molecule has 220 valence electrons. The monoisotopic (exact) mass is 583 g/mol. The molecule has 4 rings (SSSR count). The Morgan fingerprint density at radius 2 is 1.61 bits per heavy atom. The molecule has 0 aromatic heterocycles. The Bertz CT molecular complexity index is 1330. The Kier molecular flexibility index (Phi) is 8.59. The van der Waals surface area contributed by atoms with E-state index in [0.717, 1.165) is 0 Å². The molecule has 0 radical (unpaired) electrons. The van der Waals surface area contributed by atoms with Crippen LogP contribution < -0.4 is 21.3 Å². The second-order valence-corrected chi connectivity index (χ2v) is 9.80. The molecule has 4 N–H and O–H groups in total. The van der Waals surface area contributed by atoms with Crippen LogP contribution in [-0.4, -0.2) is 55.0 Å². The lowest BCUT2D eigenvalue weighted by Crippen LogP contribution is -2.52. The van der Waals surface area contributed by atoms with Crippen molar-refractivity contribution in [2.24, 2.45) is 22.6 Å². The molecule has 2 aromatic rings. The second kappa shape index (κ2) is 11.8. The number of nitrogens with two attached hydrogens (primary N) is 1. The number of alkyl halides is 6. The summed E-state index contributed by atoms with van der Waals surface area (Å²) >= 11 is 0. The summed E-state index contributed by atoms with van der Waals surface area (Å²) in [5, 5.41) is 5.52. The van der Waals surface area contributed by atoms with Crippen LogP contribution in [-0.2, 0) is 14.4 Å². The standard InChI is InChI=1S/C27H27F6N5O3/c28-26(29,30)11-9-16(22(34)39)17(10-12-27(31,32)33)24(40)37-23-25(41)38-14-13-35-19-8-4-7-18(21(19)38)20(36-23)15-5-2-1-3-6-15/h1-8,16-17,23,35H,9-14H2,(H2,34,39)(H,37,40). The number of anilines is 2. The van der Waals surface area contributed by atoms with Crippen LogP contribution in [0.5, 0.6) is 0 Å². The molecule has 2 aromatic carbocycles. The van der Waals surface area contributed by atoms with Crippen molar-refractivity contribution in [1.29, 1.82) is 0 Å². The summed E-state index contributed by atoms with van der Waals surface area (Å²) in [5.41, 5.74) is 7.84. The minimum absolute atomic E-state index is 0.180. The van der Waals surface area contributed by atoms with Gasteiger partial charge in [-0.05, 0) is 18.9 Å². The SMILES string of the molecule is NC(=O)C(CCC(F)(F)F)C(CCC(F)(F)F)C(=O)NC1N=C(c2ccccc2)c2cccc3c2N(CCN3)C1=O. The van der Waals surface area contributed by atoms with E-state index in [-0.39, 0.29) is 6.54 Å². The molecule has 0 spiro atoms. The molecule has 8 nitrogen and oxygen atoms in total. The van der Waals surface area contributed by atoms with E-state index in [4.69, 9.17) is 5.73 Å². The number of amides is 3. The van der Waals surface area contributed by atoms with E-state index < -0.39 is 73.8 Å². The van der Waals surface area contributed by atoms with Gasteiger partial charge in [-0.2, -0.15) is 26.3 Å². The summed E-state index contributed by atoms with van der Waals surface area (Å²) in [4.78, 5) is 45.1. The third-order valence-corrected chi connectivity index (χ3v) is 6.96. The van der Waals surface area contributed by atoms with Crippen molar-refractivity contribution in [2.75, 3.05) is 23.3 Å². The Morgan fingerprint density at radius 3 is 2.22 bits per heavy atom. The fourth-order valence-corrected chi connectivity index (χ4v) is 5.06. The average Bonchev–Trinajstić information content (AvgIpc) is 3.01. The summed E-state index contributed by atoms with van der Waals surface area (Å²) < 4.78 is 78.1. The third kappa shape index (κ3) is 7.16. The molecule has 0 saturated heterocycles. The predicted octanol–water partition coefficient (Wildman–Crippen LogP) is 4.14. The molecule has 41 heavy (non-hydrogen) atoms. The number of nitrogens with zero attached hydrogens (tertiary/aromatic N) is 2. The number of hydrogen-bond acceptors (Lipinski definition) is 5. The Morgan fingerprint density at radius 1 is 0.976 bits per heavy atom. The van der Waals surface area contributed by atoms with Crippen molar-refractivity contribution in [2.45, 2.75) is 44.2 Å². The van der Waals surface area contributed by atoms with Crippen LogP contribution in [0.3, 0.4) is 0 Å². The number of benzene rings is 2. The highest BCUT2D eigenvalue weighted by atomic mass is 19.4. The van der Waals surface area contributed by atoms with Crippen molar-refractivity contribution < 1.29 is 40.7 Å². The van der Waals surface area contributed by atoms with Crippen LogP contribution in [0.1, 0.15) is 36.8 Å². The first-order valence-electron chi connectivity index (χ1n) is 12.8. The molecule has 2 aliphatic rings. The van der Waals surface area contributed by atoms with Gasteiger partial charge in [0, 0.05) is 48.9 Å². The van der Waals surface area contributed by atoms with E-state index in [2.05, 4.69) is 15.6 Å². The predicted molar refractivity (Wildman–Crippen MR) is 138 cm³/mol. The molecule has 3 unspecified atom stereocenters. The van der Waals surface area contributed by atoms with Crippen LogP contribution in [0.15, 0.2) is 53.5 Å². The number of primary amides is 1. The Hall–Kier alpha value is -4.10. The molecule has 0 bridgehead atoms. The second-order valence-electron chi connectivity index (χ2n) is 9.80. The fourth-order valence-electron chi connectivity index (χ4n) is 5.06. The van der Waals surface area contributed by atoms with Crippen LogP contribution >= 0.6 is 0 Å². The molecule has 0 fully saturated rings. The molecule has 3 atom stereocenters. The minimum atomic E-state index is -4.76. The number of halogens is 6. The highest BCUT2D eigenvalue weighted by Gasteiger charge is 2.42. The lowest BCUT2D eigenvalue weighted by molar-refractivity contribution is -0.152. The van der Waals surface area contributed by atoms with Gasteiger partial charge in [-0.25, -0.2) is 4.99 Å². The van der Waals surface area contributed by atoms with Gasteiger partial charge in [0.2, 0.25) is 18.0 Å². The van der Waals surface area contributed by atoms with Crippen LogP contribution in [0, 0.1) is 11.8 Å². The number of nitrogens with one attached hydrogen (secondary N) is 2. The van der Waals surface area contributed by atoms with Crippen LogP contribution in [0.2, 0.25) is 0 Å². The van der Waals surface area contributed by atoms with Crippen molar-refractivity contribution in [3.63, 3.8) is 0 Å². The number of hydrogen-bond donors (Lipinski definition) is 3. The number of aliphatic imine (C=N–C) groups is 1. The zero-order valence-electron chi connectivity index (χ0n) is 21.6. The molecule has 2 aliphatic heterocycles. The molecular weight excluding hydrogens is 556 g/mol. The Balaban J connectivity index is 1.73. The number of rotatable bonds is 9. The number of para-hydroxylation sites is 1. The quantitative estimate of drug-likeness (QED) is 0.385. The van der Waals surface area contributed by atoms with Gasteiger partial charge in [-0.15, -0.1) is 0 Å².